The number of fused-ring (bicyclic) bond motifs is 1. The number of sulfonamides is 1. The van der Waals surface area contributed by atoms with Crippen molar-refractivity contribution >= 4 is 38.9 Å². The van der Waals surface area contributed by atoms with E-state index in [4.69, 9.17) is 0 Å². The summed E-state index contributed by atoms with van der Waals surface area (Å²) >= 11 is 0. The third-order valence-corrected chi connectivity index (χ3v) is 6.04. The maximum absolute atomic E-state index is 12.8. The largest absolute Gasteiger partial charge is 0.323 e. The molecular formula is C21H25N3O4S. The number of hydrogen-bond donors (Lipinski definition) is 1. The topological polar surface area (TPSA) is 86.8 Å². The normalized spacial score (nSPS) is 13.6. The lowest BCUT2D eigenvalue weighted by atomic mass is 10.1. The molecule has 0 aliphatic carbocycles. The van der Waals surface area contributed by atoms with Gasteiger partial charge in [-0.05, 0) is 49.6 Å². The average Bonchev–Trinajstić information content (AvgIpc) is 2.65. The molecule has 1 aliphatic rings. The third kappa shape index (κ3) is 4.76. The van der Waals surface area contributed by atoms with E-state index >= 15 is 0 Å². The molecule has 1 heterocycles. The lowest BCUT2D eigenvalue weighted by Gasteiger charge is -2.29. The van der Waals surface area contributed by atoms with Gasteiger partial charge in [0.1, 0.15) is 6.54 Å². The van der Waals surface area contributed by atoms with Crippen LogP contribution in [0.2, 0.25) is 0 Å². The summed E-state index contributed by atoms with van der Waals surface area (Å²) in [7, 11) is -3.49. The van der Waals surface area contributed by atoms with E-state index in [0.717, 1.165) is 11.1 Å². The van der Waals surface area contributed by atoms with Crippen LogP contribution in [-0.2, 0) is 19.6 Å². The van der Waals surface area contributed by atoms with E-state index in [2.05, 4.69) is 5.32 Å². The first-order valence-corrected chi connectivity index (χ1v) is 11.3. The van der Waals surface area contributed by atoms with E-state index in [-0.39, 0.29) is 31.3 Å². The van der Waals surface area contributed by atoms with Gasteiger partial charge in [0.2, 0.25) is 21.8 Å². The van der Waals surface area contributed by atoms with Crippen LogP contribution in [0.1, 0.15) is 24.0 Å². The van der Waals surface area contributed by atoms with Gasteiger partial charge in [0.05, 0.1) is 23.3 Å². The van der Waals surface area contributed by atoms with Gasteiger partial charge in [-0.3, -0.25) is 13.9 Å². The zero-order valence-electron chi connectivity index (χ0n) is 16.8. The van der Waals surface area contributed by atoms with Crippen molar-refractivity contribution in [1.29, 1.82) is 0 Å². The monoisotopic (exact) mass is 415 g/mol. The van der Waals surface area contributed by atoms with E-state index in [0.29, 0.717) is 23.5 Å². The quantitative estimate of drug-likeness (QED) is 0.786. The fourth-order valence-electron chi connectivity index (χ4n) is 3.42. The van der Waals surface area contributed by atoms with E-state index in [1.54, 1.807) is 18.2 Å². The fourth-order valence-corrected chi connectivity index (χ4v) is 4.43. The summed E-state index contributed by atoms with van der Waals surface area (Å²) in [5.41, 5.74) is 3.71. The molecule has 1 aliphatic heterocycles. The second-order valence-corrected chi connectivity index (χ2v) is 9.18. The predicted octanol–water partition coefficient (Wildman–Crippen LogP) is 2.83. The summed E-state index contributed by atoms with van der Waals surface area (Å²) in [4.78, 5) is 26.1. The minimum absolute atomic E-state index is 0.0391. The molecule has 7 nitrogen and oxygen atoms in total. The smallest absolute Gasteiger partial charge is 0.244 e. The summed E-state index contributed by atoms with van der Waals surface area (Å²) < 4.78 is 26.1. The van der Waals surface area contributed by atoms with Crippen LogP contribution in [0.4, 0.5) is 17.1 Å². The molecule has 0 bridgehead atoms. The molecule has 154 valence electrons. The average molecular weight is 416 g/mol. The van der Waals surface area contributed by atoms with E-state index < -0.39 is 10.0 Å². The zero-order valence-corrected chi connectivity index (χ0v) is 17.6. The molecular weight excluding hydrogens is 390 g/mol. The van der Waals surface area contributed by atoms with Crippen molar-refractivity contribution in [1.82, 2.24) is 0 Å². The second kappa shape index (κ2) is 8.24. The number of rotatable bonds is 6. The molecule has 0 atom stereocenters. The maximum atomic E-state index is 12.8. The molecule has 8 heteroatoms. The molecule has 0 fully saturated rings. The van der Waals surface area contributed by atoms with Crippen LogP contribution in [0.3, 0.4) is 0 Å². The van der Waals surface area contributed by atoms with Crippen LogP contribution in [0.15, 0.2) is 42.5 Å². The molecule has 2 amide bonds. The van der Waals surface area contributed by atoms with Crippen molar-refractivity contribution in [2.75, 3.05) is 33.9 Å². The fraction of sp³-hybridized carbons (Fsp3) is 0.333. The summed E-state index contributed by atoms with van der Waals surface area (Å²) in [6.07, 6.45) is 1.65. The predicted molar refractivity (Wildman–Crippen MR) is 115 cm³/mol. The van der Waals surface area contributed by atoms with Gasteiger partial charge in [0, 0.05) is 13.0 Å². The highest BCUT2D eigenvalue weighted by Crippen LogP contribution is 2.30. The molecule has 3 rings (SSSR count). The Labute approximate surface area is 171 Å². The van der Waals surface area contributed by atoms with Crippen LogP contribution in [0.5, 0.6) is 0 Å². The van der Waals surface area contributed by atoms with Crippen molar-refractivity contribution in [2.24, 2.45) is 0 Å². The molecule has 0 saturated heterocycles. The van der Waals surface area contributed by atoms with Gasteiger partial charge in [-0.15, -0.1) is 0 Å². The summed E-state index contributed by atoms with van der Waals surface area (Å²) in [5, 5.41) is 2.75. The number of carbonyl (C=O) groups is 2. The maximum Gasteiger partial charge on any atom is 0.244 e. The van der Waals surface area contributed by atoms with Crippen molar-refractivity contribution in [3.05, 3.63) is 53.6 Å². The minimum Gasteiger partial charge on any atom is -0.323 e. The molecule has 0 radical (unpaired) electrons. The van der Waals surface area contributed by atoms with Crippen molar-refractivity contribution < 1.29 is 18.0 Å². The number of nitrogens with one attached hydrogen (secondary N) is 1. The third-order valence-electron chi connectivity index (χ3n) is 4.86. The lowest BCUT2D eigenvalue weighted by molar-refractivity contribution is -0.121. The van der Waals surface area contributed by atoms with Crippen molar-refractivity contribution in [3.8, 4) is 0 Å². The summed E-state index contributed by atoms with van der Waals surface area (Å²) in [6.45, 7) is 3.92. The molecule has 0 aromatic heterocycles. The van der Waals surface area contributed by atoms with Gasteiger partial charge >= 0.3 is 0 Å². The highest BCUT2D eigenvalue weighted by molar-refractivity contribution is 7.92. The SMILES string of the molecule is Cc1ccc(C)c(N(CCCC(=O)N2CC(=O)Nc3ccccc32)S(C)(=O)=O)c1. The van der Waals surface area contributed by atoms with Crippen LogP contribution < -0.4 is 14.5 Å². The van der Waals surface area contributed by atoms with Gasteiger partial charge < -0.3 is 10.2 Å². The first-order valence-electron chi connectivity index (χ1n) is 9.41. The van der Waals surface area contributed by atoms with Crippen LogP contribution in [-0.4, -0.2) is 39.6 Å². The first kappa shape index (κ1) is 20.9. The Morgan fingerprint density at radius 2 is 1.90 bits per heavy atom. The highest BCUT2D eigenvalue weighted by Gasteiger charge is 2.27. The molecule has 2 aromatic carbocycles. The first-order chi connectivity index (χ1) is 13.7. The van der Waals surface area contributed by atoms with Crippen LogP contribution in [0, 0.1) is 13.8 Å². The summed E-state index contributed by atoms with van der Waals surface area (Å²) in [6, 6.07) is 12.8. The number of benzene rings is 2. The Kier molecular flexibility index (Phi) is 5.93. The Morgan fingerprint density at radius 1 is 1.17 bits per heavy atom. The molecule has 2 aromatic rings. The van der Waals surface area contributed by atoms with E-state index in [1.165, 1.54) is 15.5 Å². The number of carbonyl (C=O) groups excluding carboxylic acids is 2. The standard InChI is InChI=1S/C21H25N3O4S/c1-15-10-11-16(2)19(13-15)24(29(3,27)28)12-6-9-21(26)23-14-20(25)22-17-7-4-5-8-18(17)23/h4-5,7-8,10-11,13H,6,9,12,14H2,1-3H3,(H,22,25). The highest BCUT2D eigenvalue weighted by atomic mass is 32.2. The van der Waals surface area contributed by atoms with Crippen LogP contribution >= 0.6 is 0 Å². The summed E-state index contributed by atoms with van der Waals surface area (Å²) in [5.74, 6) is -0.452. The molecule has 1 N–H and O–H groups in total. The number of hydrogen-bond acceptors (Lipinski definition) is 4. The number of para-hydroxylation sites is 2. The van der Waals surface area contributed by atoms with Gasteiger partial charge in [0.15, 0.2) is 0 Å². The van der Waals surface area contributed by atoms with Crippen molar-refractivity contribution in [3.63, 3.8) is 0 Å². The van der Waals surface area contributed by atoms with Gasteiger partial charge in [-0.2, -0.15) is 0 Å². The van der Waals surface area contributed by atoms with Crippen LogP contribution in [0.25, 0.3) is 0 Å². The Hall–Kier alpha value is -2.87. The van der Waals surface area contributed by atoms with Gasteiger partial charge in [-0.25, -0.2) is 8.42 Å². The Bertz CT molecular complexity index is 1050. The van der Waals surface area contributed by atoms with Gasteiger partial charge in [0.25, 0.3) is 0 Å². The minimum atomic E-state index is -3.49. The number of aryl methyl sites for hydroxylation is 2. The second-order valence-electron chi connectivity index (χ2n) is 7.27. The number of anilines is 3. The Balaban J connectivity index is 1.73. The Morgan fingerprint density at radius 3 is 2.62 bits per heavy atom. The number of amides is 2. The molecule has 0 saturated carbocycles. The van der Waals surface area contributed by atoms with E-state index in [9.17, 15) is 18.0 Å². The molecule has 0 unspecified atom stereocenters. The zero-order chi connectivity index (χ0) is 21.2. The molecule has 29 heavy (non-hydrogen) atoms. The molecule has 0 spiro atoms. The van der Waals surface area contributed by atoms with Crippen molar-refractivity contribution in [2.45, 2.75) is 26.7 Å². The lowest BCUT2D eigenvalue weighted by Crippen LogP contribution is -2.42. The van der Waals surface area contributed by atoms with Gasteiger partial charge in [-0.1, -0.05) is 24.3 Å². The number of nitrogens with zero attached hydrogens (tertiary/aromatic N) is 2. The van der Waals surface area contributed by atoms with E-state index in [1.807, 2.05) is 38.1 Å².